The Morgan fingerprint density at radius 3 is 2.32 bits per heavy atom. The second kappa shape index (κ2) is 9.30. The quantitative estimate of drug-likeness (QED) is 0.501. The van der Waals surface area contributed by atoms with Gasteiger partial charge in [0, 0.05) is 18.7 Å². The Kier molecular flexibility index (Phi) is 6.93. The van der Waals surface area contributed by atoms with Crippen molar-refractivity contribution in [3.8, 4) is 0 Å². The summed E-state index contributed by atoms with van der Waals surface area (Å²) in [6.07, 6.45) is -0.439. The fourth-order valence-electron chi connectivity index (χ4n) is 3.47. The Balaban J connectivity index is 1.71. The average molecular weight is 446 g/mol. The van der Waals surface area contributed by atoms with Crippen LogP contribution in [0.25, 0.3) is 0 Å². The maximum Gasteiger partial charge on any atom is 0.338 e. The smallest absolute Gasteiger partial charge is 0.338 e. The lowest BCUT2D eigenvalue weighted by Crippen LogP contribution is -2.48. The molecule has 1 fully saturated rings. The second-order valence-corrected chi connectivity index (χ2v) is 9.84. The van der Waals surface area contributed by atoms with Crippen LogP contribution in [0.3, 0.4) is 0 Å². The molecule has 31 heavy (non-hydrogen) atoms. The molecule has 0 amide bonds. The zero-order chi connectivity index (χ0) is 22.8. The number of carbonyl (C=O) groups is 2. The molecule has 0 bridgehead atoms. The Morgan fingerprint density at radius 2 is 1.68 bits per heavy atom. The lowest BCUT2D eigenvalue weighted by atomic mass is 10.0. The van der Waals surface area contributed by atoms with Gasteiger partial charge in [0.05, 0.1) is 22.7 Å². The van der Waals surface area contributed by atoms with Gasteiger partial charge in [0.15, 0.2) is 12.4 Å². The van der Waals surface area contributed by atoms with Crippen molar-refractivity contribution in [3.05, 3.63) is 64.7 Å². The number of sulfonamides is 1. The Labute approximate surface area is 183 Å². The fraction of sp³-hybridized carbons (Fsp3) is 0.391. The third-order valence-corrected chi connectivity index (χ3v) is 7.08. The molecule has 2 unspecified atom stereocenters. The van der Waals surface area contributed by atoms with Gasteiger partial charge in [-0.3, -0.25) is 4.79 Å². The van der Waals surface area contributed by atoms with E-state index in [-0.39, 0.29) is 41.5 Å². The minimum absolute atomic E-state index is 0.00346. The van der Waals surface area contributed by atoms with E-state index in [2.05, 4.69) is 0 Å². The molecule has 1 heterocycles. The molecule has 0 aromatic heterocycles. The summed E-state index contributed by atoms with van der Waals surface area (Å²) in [6, 6.07) is 11.0. The lowest BCUT2D eigenvalue weighted by molar-refractivity contribution is -0.0440. The number of benzene rings is 2. The minimum Gasteiger partial charge on any atom is -0.454 e. The van der Waals surface area contributed by atoms with Crippen molar-refractivity contribution >= 4 is 21.8 Å². The molecule has 2 atom stereocenters. The molecule has 1 saturated heterocycles. The summed E-state index contributed by atoms with van der Waals surface area (Å²) in [4.78, 5) is 24.8. The highest BCUT2D eigenvalue weighted by Gasteiger charge is 2.32. The van der Waals surface area contributed by atoms with Gasteiger partial charge in [-0.15, -0.1) is 0 Å². The highest BCUT2D eigenvalue weighted by atomic mass is 32.2. The van der Waals surface area contributed by atoms with Gasteiger partial charge < -0.3 is 9.47 Å². The summed E-state index contributed by atoms with van der Waals surface area (Å²) in [6.45, 7) is 7.55. The van der Waals surface area contributed by atoms with Crippen molar-refractivity contribution in [1.29, 1.82) is 0 Å². The number of hydrogen-bond acceptors (Lipinski definition) is 6. The van der Waals surface area contributed by atoms with Crippen LogP contribution in [0.4, 0.5) is 0 Å². The van der Waals surface area contributed by atoms with Crippen LogP contribution in [0.15, 0.2) is 47.4 Å². The fourth-order valence-corrected chi connectivity index (χ4v) is 5.11. The van der Waals surface area contributed by atoms with Gasteiger partial charge in [0.1, 0.15) is 0 Å². The van der Waals surface area contributed by atoms with E-state index in [0.717, 1.165) is 11.1 Å². The first-order chi connectivity index (χ1) is 14.6. The summed E-state index contributed by atoms with van der Waals surface area (Å²) in [7, 11) is -3.79. The SMILES string of the molecule is Cc1ccc(C(=O)COC(=O)c2cccc(S(=O)(=O)N3CC(C)OC(C)C3)c2)cc1C. The average Bonchev–Trinajstić information content (AvgIpc) is 2.73. The van der Waals surface area contributed by atoms with Crippen LogP contribution in [0.2, 0.25) is 0 Å². The normalized spacial score (nSPS) is 19.7. The van der Waals surface area contributed by atoms with Crippen molar-refractivity contribution in [2.24, 2.45) is 0 Å². The molecule has 0 radical (unpaired) electrons. The van der Waals surface area contributed by atoms with Gasteiger partial charge in [0.25, 0.3) is 0 Å². The zero-order valence-electron chi connectivity index (χ0n) is 18.1. The van der Waals surface area contributed by atoms with Crippen molar-refractivity contribution in [1.82, 2.24) is 4.31 Å². The van der Waals surface area contributed by atoms with Crippen LogP contribution < -0.4 is 0 Å². The number of Topliss-reactive ketones (excluding diaryl/α,β-unsaturated/α-hetero) is 1. The van der Waals surface area contributed by atoms with Crippen molar-refractivity contribution in [2.45, 2.75) is 44.8 Å². The molecule has 7 nitrogen and oxygen atoms in total. The second-order valence-electron chi connectivity index (χ2n) is 7.91. The number of ether oxygens (including phenoxy) is 2. The third kappa shape index (κ3) is 5.39. The maximum absolute atomic E-state index is 13.0. The number of aryl methyl sites for hydroxylation is 2. The molecule has 3 rings (SSSR count). The van der Waals surface area contributed by atoms with Gasteiger partial charge in [-0.05, 0) is 63.1 Å². The molecule has 1 aliphatic heterocycles. The van der Waals surface area contributed by atoms with E-state index in [4.69, 9.17) is 9.47 Å². The molecular formula is C23H27NO6S. The van der Waals surface area contributed by atoms with Gasteiger partial charge in [0.2, 0.25) is 10.0 Å². The van der Waals surface area contributed by atoms with E-state index in [1.54, 1.807) is 12.1 Å². The summed E-state index contributed by atoms with van der Waals surface area (Å²) >= 11 is 0. The largest absolute Gasteiger partial charge is 0.454 e. The summed E-state index contributed by atoms with van der Waals surface area (Å²) in [5.74, 6) is -1.07. The van der Waals surface area contributed by atoms with E-state index < -0.39 is 22.6 Å². The Bertz CT molecular complexity index is 1080. The highest BCUT2D eigenvalue weighted by Crippen LogP contribution is 2.22. The number of morpholine rings is 1. The van der Waals surface area contributed by atoms with Crippen LogP contribution in [0.1, 0.15) is 45.7 Å². The number of rotatable bonds is 6. The molecule has 8 heteroatoms. The monoisotopic (exact) mass is 445 g/mol. The first kappa shape index (κ1) is 23.1. The first-order valence-corrected chi connectivity index (χ1v) is 11.5. The molecule has 2 aromatic rings. The zero-order valence-corrected chi connectivity index (χ0v) is 18.9. The van der Waals surface area contributed by atoms with Gasteiger partial charge in [-0.25, -0.2) is 13.2 Å². The molecule has 0 aliphatic carbocycles. The third-order valence-electron chi connectivity index (χ3n) is 5.26. The molecule has 2 aromatic carbocycles. The molecule has 0 N–H and O–H groups in total. The van der Waals surface area contributed by atoms with Crippen LogP contribution in [-0.2, 0) is 19.5 Å². The van der Waals surface area contributed by atoms with Crippen LogP contribution in [0, 0.1) is 13.8 Å². The molecular weight excluding hydrogens is 418 g/mol. The first-order valence-electron chi connectivity index (χ1n) is 10.1. The summed E-state index contributed by atoms with van der Waals surface area (Å²) < 4.78 is 38.2. The van der Waals surface area contributed by atoms with Crippen LogP contribution >= 0.6 is 0 Å². The number of ketones is 1. The molecule has 0 spiro atoms. The van der Waals surface area contributed by atoms with Crippen LogP contribution in [0.5, 0.6) is 0 Å². The number of hydrogen-bond donors (Lipinski definition) is 0. The van der Waals surface area contributed by atoms with E-state index in [9.17, 15) is 18.0 Å². The van der Waals surface area contributed by atoms with Gasteiger partial charge in [-0.2, -0.15) is 4.31 Å². The minimum atomic E-state index is -3.79. The summed E-state index contributed by atoms with van der Waals surface area (Å²) in [5, 5.41) is 0. The predicted molar refractivity (Wildman–Crippen MR) is 116 cm³/mol. The number of nitrogens with zero attached hydrogens (tertiary/aromatic N) is 1. The highest BCUT2D eigenvalue weighted by molar-refractivity contribution is 7.89. The topological polar surface area (TPSA) is 90.0 Å². The van der Waals surface area contributed by atoms with E-state index in [1.807, 2.05) is 33.8 Å². The lowest BCUT2D eigenvalue weighted by Gasteiger charge is -2.34. The Morgan fingerprint density at radius 1 is 1.00 bits per heavy atom. The standard InChI is InChI=1S/C23H27NO6S/c1-15-8-9-19(10-16(15)2)22(25)14-29-23(26)20-6-5-7-21(11-20)31(27,28)24-12-17(3)30-18(4)13-24/h5-11,17-18H,12-14H2,1-4H3. The van der Waals surface area contributed by atoms with E-state index >= 15 is 0 Å². The predicted octanol–water partition coefficient (Wildman–Crippen LogP) is 3.14. The molecule has 166 valence electrons. The molecule has 0 saturated carbocycles. The van der Waals surface area contributed by atoms with E-state index in [1.165, 1.54) is 28.6 Å². The maximum atomic E-state index is 13.0. The number of esters is 1. The van der Waals surface area contributed by atoms with Crippen molar-refractivity contribution < 1.29 is 27.5 Å². The molecule has 1 aliphatic rings. The summed E-state index contributed by atoms with van der Waals surface area (Å²) in [5.41, 5.74) is 2.57. The van der Waals surface area contributed by atoms with Gasteiger partial charge >= 0.3 is 5.97 Å². The van der Waals surface area contributed by atoms with E-state index in [0.29, 0.717) is 5.56 Å². The van der Waals surface area contributed by atoms with Crippen LogP contribution in [-0.4, -0.2) is 56.4 Å². The van der Waals surface area contributed by atoms with Crippen molar-refractivity contribution in [2.75, 3.05) is 19.7 Å². The number of carbonyl (C=O) groups excluding carboxylic acids is 2. The van der Waals surface area contributed by atoms with Crippen molar-refractivity contribution in [3.63, 3.8) is 0 Å². The Hall–Kier alpha value is -2.55. The van der Waals surface area contributed by atoms with Gasteiger partial charge in [-0.1, -0.05) is 18.2 Å².